The van der Waals surface area contributed by atoms with Crippen LogP contribution in [0.5, 0.6) is 5.75 Å². The van der Waals surface area contributed by atoms with Crippen molar-refractivity contribution in [3.05, 3.63) is 35.4 Å². The number of rotatable bonds is 3. The van der Waals surface area contributed by atoms with Gasteiger partial charge in [-0.25, -0.2) is 6.08 Å². The minimum Gasteiger partial charge on any atom is -0.479 e. The van der Waals surface area contributed by atoms with Crippen molar-refractivity contribution in [2.75, 3.05) is 13.7 Å². The van der Waals surface area contributed by atoms with E-state index < -0.39 is 5.38 Å². The smallest absolute Gasteiger partial charge is 0.240 e. The number of carbonyl (C=O) groups is 1. The quantitative estimate of drug-likeness (QED) is 0.600. The first-order chi connectivity index (χ1) is 9.54. The second-order valence-electron chi connectivity index (χ2n) is 4.52. The van der Waals surface area contributed by atoms with E-state index in [9.17, 15) is 4.79 Å². The van der Waals surface area contributed by atoms with Gasteiger partial charge in [-0.1, -0.05) is 13.3 Å². The summed E-state index contributed by atoms with van der Waals surface area (Å²) < 4.78 is 5.25. The van der Waals surface area contributed by atoms with E-state index in [1.165, 1.54) is 4.90 Å². The van der Waals surface area contributed by atoms with Gasteiger partial charge in [-0.3, -0.25) is 4.79 Å². The van der Waals surface area contributed by atoms with E-state index >= 15 is 0 Å². The Morgan fingerprint density at radius 3 is 2.90 bits per heavy atom. The molecule has 1 amide bonds. The fourth-order valence-corrected chi connectivity index (χ4v) is 2.32. The number of carbonyl (C=O) groups excluding carboxylic acids is 1. The third-order valence-electron chi connectivity index (χ3n) is 3.14. The predicted molar refractivity (Wildman–Crippen MR) is 76.0 cm³/mol. The molecule has 1 radical (unpaired) electrons. The molecule has 6 heteroatoms. The van der Waals surface area contributed by atoms with Gasteiger partial charge in [-0.05, 0) is 12.1 Å². The molecule has 1 aliphatic rings. The van der Waals surface area contributed by atoms with Gasteiger partial charge in [-0.15, -0.1) is 34.5 Å². The molecule has 107 valence electrons. The first-order valence-electron chi connectivity index (χ1n) is 6.18. The molecule has 0 spiro atoms. The molecule has 1 aromatic rings. The average molecular weight is 379 g/mol. The molecular weight excluding hydrogens is 365 g/mol. The van der Waals surface area contributed by atoms with Crippen molar-refractivity contribution in [1.82, 2.24) is 4.90 Å². The average Bonchev–Trinajstić information content (AvgIpc) is 2.44. The van der Waals surface area contributed by atoms with Crippen molar-refractivity contribution in [1.29, 1.82) is 5.26 Å². The van der Waals surface area contributed by atoms with Gasteiger partial charge >= 0.3 is 0 Å². The van der Waals surface area contributed by atoms with Gasteiger partial charge in [0.05, 0.1) is 0 Å². The first kappa shape index (κ1) is 18.2. The molecule has 0 N–H and O–H groups in total. The topological polar surface area (TPSA) is 53.3 Å². The molecule has 1 aliphatic heterocycles. The molecule has 0 saturated heterocycles. The number of benzene rings is 1. The molecule has 0 aliphatic carbocycles. The van der Waals surface area contributed by atoms with E-state index in [4.69, 9.17) is 21.6 Å². The standard InChI is InChI=1S/C15H14ClN2O2.Y/c1-10-9-11(20-8-7-17)3-4-12(10)14-6-5-13(16)15(19)18(14)2;/h3-4,9,13H,5,8H2,1-2H3;/q-1;. The van der Waals surface area contributed by atoms with Crippen LogP contribution >= 0.6 is 11.6 Å². The summed E-state index contributed by atoms with van der Waals surface area (Å²) in [5.74, 6) is 0.512. The van der Waals surface area contributed by atoms with Gasteiger partial charge in [0, 0.05) is 39.8 Å². The maximum Gasteiger partial charge on any atom is 0.240 e. The molecule has 4 nitrogen and oxygen atoms in total. The van der Waals surface area contributed by atoms with Crippen molar-refractivity contribution >= 4 is 23.2 Å². The Balaban J connectivity index is 0.00000220. The van der Waals surface area contributed by atoms with E-state index in [1.54, 1.807) is 13.1 Å². The van der Waals surface area contributed by atoms with Crippen LogP contribution in [0.3, 0.4) is 0 Å². The maximum atomic E-state index is 11.9. The number of halogens is 1. The van der Waals surface area contributed by atoms with Crippen LogP contribution in [0.4, 0.5) is 0 Å². The number of alkyl halides is 1. The first-order valence-corrected chi connectivity index (χ1v) is 6.61. The monoisotopic (exact) mass is 378 g/mol. The molecule has 0 aromatic heterocycles. The van der Waals surface area contributed by atoms with E-state index in [0.717, 1.165) is 16.8 Å². The normalized spacial score (nSPS) is 17.6. The maximum absolute atomic E-state index is 11.9. The summed E-state index contributed by atoms with van der Waals surface area (Å²) in [7, 11) is 1.69. The van der Waals surface area contributed by atoms with Gasteiger partial charge < -0.3 is 9.64 Å². The Morgan fingerprint density at radius 2 is 2.29 bits per heavy atom. The number of amides is 1. The predicted octanol–water partition coefficient (Wildman–Crippen LogP) is 2.51. The van der Waals surface area contributed by atoms with Crippen LogP contribution in [0.1, 0.15) is 17.5 Å². The van der Waals surface area contributed by atoms with Crippen LogP contribution in [-0.2, 0) is 37.5 Å². The number of nitriles is 1. The van der Waals surface area contributed by atoms with Crippen molar-refractivity contribution < 1.29 is 42.2 Å². The van der Waals surface area contributed by atoms with Gasteiger partial charge in [0.15, 0.2) is 6.61 Å². The second kappa shape index (κ2) is 7.93. The zero-order chi connectivity index (χ0) is 14.7. The Labute approximate surface area is 154 Å². The van der Waals surface area contributed by atoms with Crippen LogP contribution < -0.4 is 4.74 Å². The minimum atomic E-state index is -0.540. The fraction of sp³-hybridized carbons (Fsp3) is 0.333. The molecule has 1 atom stereocenters. The number of hydrogen-bond donors (Lipinski definition) is 0. The molecule has 1 heterocycles. The SMILES string of the molecule is Cc1cc(OCC#N)ccc1C1=[C-]CC(Cl)C(=O)N1C.[Y]. The molecule has 2 rings (SSSR count). The Bertz CT molecular complexity index is 610. The third-order valence-corrected chi connectivity index (χ3v) is 3.48. The third kappa shape index (κ3) is 4.06. The second-order valence-corrected chi connectivity index (χ2v) is 5.04. The van der Waals surface area contributed by atoms with Crippen LogP contribution in [0.25, 0.3) is 5.70 Å². The van der Waals surface area contributed by atoms with E-state index in [-0.39, 0.29) is 45.2 Å². The summed E-state index contributed by atoms with van der Waals surface area (Å²) in [5, 5.41) is 7.96. The Hall–Kier alpha value is -0.886. The van der Waals surface area contributed by atoms with Crippen molar-refractivity contribution in [2.24, 2.45) is 0 Å². The summed E-state index contributed by atoms with van der Waals surface area (Å²) in [5.41, 5.74) is 2.60. The largest absolute Gasteiger partial charge is 0.479 e. The van der Waals surface area contributed by atoms with Crippen LogP contribution in [-0.4, -0.2) is 29.8 Å². The van der Waals surface area contributed by atoms with Gasteiger partial charge in [-0.2, -0.15) is 5.26 Å². The Kier molecular flexibility index (Phi) is 6.86. The molecule has 0 bridgehead atoms. The molecule has 1 unspecified atom stereocenters. The zero-order valence-electron chi connectivity index (χ0n) is 11.9. The number of hydrogen-bond acceptors (Lipinski definition) is 3. The molecular formula is C15H14ClN2O2Y-. The number of aryl methyl sites for hydroxylation is 1. The summed E-state index contributed by atoms with van der Waals surface area (Å²) in [6.45, 7) is 1.94. The zero-order valence-corrected chi connectivity index (χ0v) is 15.5. The van der Waals surface area contributed by atoms with Crippen molar-refractivity contribution in [3.8, 4) is 11.8 Å². The van der Waals surface area contributed by atoms with Gasteiger partial charge in [0.25, 0.3) is 0 Å². The Morgan fingerprint density at radius 1 is 1.57 bits per heavy atom. The van der Waals surface area contributed by atoms with Crippen LogP contribution in [0, 0.1) is 24.3 Å². The fourth-order valence-electron chi connectivity index (χ4n) is 2.10. The summed E-state index contributed by atoms with van der Waals surface area (Å²) in [6.07, 6.45) is 3.57. The van der Waals surface area contributed by atoms with Gasteiger partial charge in [0.2, 0.25) is 5.91 Å². The van der Waals surface area contributed by atoms with E-state index in [1.807, 2.05) is 25.1 Å². The van der Waals surface area contributed by atoms with Gasteiger partial charge in [0.1, 0.15) is 17.2 Å². The molecule has 1 aromatic carbocycles. The number of nitrogens with zero attached hydrogens (tertiary/aromatic N) is 2. The minimum absolute atomic E-state index is 0. The van der Waals surface area contributed by atoms with Crippen molar-refractivity contribution in [2.45, 2.75) is 18.7 Å². The molecule has 21 heavy (non-hydrogen) atoms. The van der Waals surface area contributed by atoms with Crippen LogP contribution in [0.2, 0.25) is 0 Å². The summed E-state index contributed by atoms with van der Waals surface area (Å²) in [4.78, 5) is 13.4. The van der Waals surface area contributed by atoms with Crippen LogP contribution in [0.15, 0.2) is 18.2 Å². The van der Waals surface area contributed by atoms with E-state index in [2.05, 4.69) is 6.08 Å². The molecule has 0 saturated carbocycles. The van der Waals surface area contributed by atoms with Crippen molar-refractivity contribution in [3.63, 3.8) is 0 Å². The summed E-state index contributed by atoms with van der Waals surface area (Å²) >= 11 is 5.92. The number of ether oxygens (including phenoxy) is 1. The van der Waals surface area contributed by atoms with E-state index in [0.29, 0.717) is 12.2 Å². The number of allylic oxidation sites excluding steroid dienone is 1. The molecule has 0 fully saturated rings. The summed E-state index contributed by atoms with van der Waals surface area (Å²) in [6, 6.07) is 7.40.